The third-order valence-electron chi connectivity index (χ3n) is 4.81. The van der Waals surface area contributed by atoms with Gasteiger partial charge in [0.1, 0.15) is 5.75 Å². The Hall–Kier alpha value is -2.89. The molecule has 142 valence electrons. The second-order valence-corrected chi connectivity index (χ2v) is 6.76. The second kappa shape index (κ2) is 9.16. The predicted molar refractivity (Wildman–Crippen MR) is 102 cm³/mol. The van der Waals surface area contributed by atoms with E-state index in [0.717, 1.165) is 23.3 Å². The summed E-state index contributed by atoms with van der Waals surface area (Å²) in [5, 5.41) is 2.99. The zero-order chi connectivity index (χ0) is 19.1. The lowest BCUT2D eigenvalue weighted by Crippen LogP contribution is -2.45. The molecule has 1 aromatic carbocycles. The van der Waals surface area contributed by atoms with Crippen LogP contribution in [0.5, 0.6) is 5.75 Å². The van der Waals surface area contributed by atoms with Gasteiger partial charge in [0, 0.05) is 38.4 Å². The van der Waals surface area contributed by atoms with Crippen LogP contribution in [0.4, 0.5) is 0 Å². The maximum absolute atomic E-state index is 12.5. The van der Waals surface area contributed by atoms with E-state index >= 15 is 0 Å². The van der Waals surface area contributed by atoms with Crippen molar-refractivity contribution in [1.82, 2.24) is 15.2 Å². The highest BCUT2D eigenvalue weighted by Gasteiger charge is 2.30. The molecule has 1 unspecified atom stereocenters. The van der Waals surface area contributed by atoms with Crippen molar-refractivity contribution in [2.24, 2.45) is 5.92 Å². The molecule has 0 radical (unpaired) electrons. The lowest BCUT2D eigenvalue weighted by molar-refractivity contribution is -0.138. The molecule has 1 aliphatic rings. The highest BCUT2D eigenvalue weighted by Crippen LogP contribution is 2.21. The minimum absolute atomic E-state index is 0.0158. The Bertz CT molecular complexity index is 779. The number of benzene rings is 1. The fourth-order valence-corrected chi connectivity index (χ4v) is 3.29. The quantitative estimate of drug-likeness (QED) is 0.814. The Balaban J connectivity index is 1.52. The lowest BCUT2D eigenvalue weighted by atomic mass is 9.96. The summed E-state index contributed by atoms with van der Waals surface area (Å²) in [6, 6.07) is 11.6. The molecule has 27 heavy (non-hydrogen) atoms. The minimum atomic E-state index is -0.165. The van der Waals surface area contributed by atoms with Gasteiger partial charge in [0.15, 0.2) is 0 Å². The lowest BCUT2D eigenvalue weighted by Gasteiger charge is -2.32. The van der Waals surface area contributed by atoms with E-state index in [2.05, 4.69) is 10.3 Å². The molecule has 2 amide bonds. The number of piperidine rings is 1. The van der Waals surface area contributed by atoms with Crippen LogP contribution in [0.15, 0.2) is 48.8 Å². The van der Waals surface area contributed by atoms with Crippen LogP contribution in [-0.4, -0.2) is 41.9 Å². The monoisotopic (exact) mass is 367 g/mol. The van der Waals surface area contributed by atoms with Crippen molar-refractivity contribution in [3.8, 4) is 5.75 Å². The van der Waals surface area contributed by atoms with E-state index in [4.69, 9.17) is 4.74 Å². The van der Waals surface area contributed by atoms with E-state index in [0.29, 0.717) is 32.5 Å². The van der Waals surface area contributed by atoms with Gasteiger partial charge in [0.05, 0.1) is 13.0 Å². The molecule has 0 saturated carbocycles. The number of rotatable bonds is 7. The van der Waals surface area contributed by atoms with Crippen molar-refractivity contribution in [2.45, 2.75) is 25.8 Å². The van der Waals surface area contributed by atoms with Gasteiger partial charge >= 0.3 is 0 Å². The number of carbonyl (C=O) groups excluding carboxylic acids is 2. The smallest absolute Gasteiger partial charge is 0.224 e. The number of nitrogens with zero attached hydrogens (tertiary/aromatic N) is 2. The number of likely N-dealkylation sites (tertiary alicyclic amines) is 1. The third kappa shape index (κ3) is 5.29. The number of carbonyl (C=O) groups is 2. The fourth-order valence-electron chi connectivity index (χ4n) is 3.29. The van der Waals surface area contributed by atoms with E-state index < -0.39 is 0 Å². The van der Waals surface area contributed by atoms with Crippen molar-refractivity contribution in [3.63, 3.8) is 0 Å². The van der Waals surface area contributed by atoms with Gasteiger partial charge in [-0.3, -0.25) is 14.6 Å². The molecule has 1 fully saturated rings. The van der Waals surface area contributed by atoms with Gasteiger partial charge in [-0.25, -0.2) is 0 Å². The number of hydrogen-bond donors (Lipinski definition) is 1. The molecule has 3 rings (SSSR count). The van der Waals surface area contributed by atoms with E-state index in [1.54, 1.807) is 24.4 Å². The predicted octanol–water partition coefficient (Wildman–Crippen LogP) is 2.19. The van der Waals surface area contributed by atoms with E-state index in [1.165, 1.54) is 0 Å². The first-order valence-corrected chi connectivity index (χ1v) is 9.23. The number of aromatic nitrogens is 1. The first-order valence-electron chi connectivity index (χ1n) is 9.23. The highest BCUT2D eigenvalue weighted by molar-refractivity contribution is 5.83. The van der Waals surface area contributed by atoms with Crippen LogP contribution in [0.2, 0.25) is 0 Å². The van der Waals surface area contributed by atoms with Crippen LogP contribution in [0.3, 0.4) is 0 Å². The molecule has 1 saturated heterocycles. The fraction of sp³-hybridized carbons (Fsp3) is 0.381. The number of hydrogen-bond acceptors (Lipinski definition) is 4. The Morgan fingerprint density at radius 1 is 1.30 bits per heavy atom. The molecule has 1 N–H and O–H groups in total. The first kappa shape index (κ1) is 18.9. The molecule has 1 aromatic heterocycles. The molecule has 0 bridgehead atoms. The number of ether oxygens (including phenoxy) is 1. The average Bonchev–Trinajstić information content (AvgIpc) is 2.70. The van der Waals surface area contributed by atoms with Crippen molar-refractivity contribution < 1.29 is 14.3 Å². The van der Waals surface area contributed by atoms with E-state index in [-0.39, 0.29) is 17.7 Å². The topological polar surface area (TPSA) is 71.5 Å². The Morgan fingerprint density at radius 2 is 2.15 bits per heavy atom. The summed E-state index contributed by atoms with van der Waals surface area (Å²) in [6.45, 7) is 1.52. The molecule has 0 spiro atoms. The van der Waals surface area contributed by atoms with Gasteiger partial charge in [0.25, 0.3) is 0 Å². The molecular formula is C21H25N3O3. The van der Waals surface area contributed by atoms with Crippen molar-refractivity contribution in [3.05, 3.63) is 59.9 Å². The van der Waals surface area contributed by atoms with Crippen LogP contribution in [-0.2, 0) is 22.6 Å². The second-order valence-electron chi connectivity index (χ2n) is 6.76. The zero-order valence-electron chi connectivity index (χ0n) is 15.6. The summed E-state index contributed by atoms with van der Waals surface area (Å²) in [4.78, 5) is 30.6. The number of amides is 2. The highest BCUT2D eigenvalue weighted by atomic mass is 16.5. The summed E-state index contributed by atoms with van der Waals surface area (Å²) in [6.07, 6.45) is 5.30. The van der Waals surface area contributed by atoms with Gasteiger partial charge in [-0.1, -0.05) is 18.2 Å². The Labute approximate surface area is 159 Å². The molecule has 2 aromatic rings. The summed E-state index contributed by atoms with van der Waals surface area (Å²) in [7, 11) is 1.62. The summed E-state index contributed by atoms with van der Waals surface area (Å²) in [5.74, 6) is 0.711. The van der Waals surface area contributed by atoms with E-state index in [1.807, 2.05) is 36.4 Å². The van der Waals surface area contributed by atoms with E-state index in [9.17, 15) is 9.59 Å². The first-order chi connectivity index (χ1) is 13.2. The molecule has 0 aliphatic carbocycles. The Kier molecular flexibility index (Phi) is 6.41. The molecular weight excluding hydrogens is 342 g/mol. The third-order valence-corrected chi connectivity index (χ3v) is 4.81. The molecule has 2 heterocycles. The van der Waals surface area contributed by atoms with Crippen LogP contribution in [0.1, 0.15) is 24.0 Å². The van der Waals surface area contributed by atoms with Gasteiger partial charge in [-0.05, 0) is 42.2 Å². The van der Waals surface area contributed by atoms with Crippen LogP contribution in [0.25, 0.3) is 0 Å². The standard InChI is InChI=1S/C21H25N3O3/c1-27-19-6-2-4-17(12-19)14-24-15-18(7-8-20(24)25)21(26)23-11-9-16-5-3-10-22-13-16/h2-6,10,12-13,18H,7-9,11,14-15H2,1H3,(H,23,26). The van der Waals surface area contributed by atoms with Gasteiger partial charge < -0.3 is 15.0 Å². The molecule has 1 atom stereocenters. The zero-order valence-corrected chi connectivity index (χ0v) is 15.6. The van der Waals surface area contributed by atoms with Gasteiger partial charge in [0.2, 0.25) is 11.8 Å². The van der Waals surface area contributed by atoms with Gasteiger partial charge in [-0.15, -0.1) is 0 Å². The number of nitrogens with one attached hydrogen (secondary N) is 1. The number of methoxy groups -OCH3 is 1. The van der Waals surface area contributed by atoms with Crippen molar-refractivity contribution >= 4 is 11.8 Å². The maximum atomic E-state index is 12.5. The average molecular weight is 367 g/mol. The SMILES string of the molecule is COc1cccc(CN2CC(C(=O)NCCc3cccnc3)CCC2=O)c1. The molecule has 1 aliphatic heterocycles. The maximum Gasteiger partial charge on any atom is 0.224 e. The normalized spacial score (nSPS) is 16.9. The molecule has 6 heteroatoms. The molecule has 6 nitrogen and oxygen atoms in total. The van der Waals surface area contributed by atoms with Gasteiger partial charge in [-0.2, -0.15) is 0 Å². The van der Waals surface area contributed by atoms with Crippen molar-refractivity contribution in [2.75, 3.05) is 20.2 Å². The minimum Gasteiger partial charge on any atom is -0.497 e. The van der Waals surface area contributed by atoms with Crippen LogP contribution < -0.4 is 10.1 Å². The summed E-state index contributed by atoms with van der Waals surface area (Å²) in [5.41, 5.74) is 2.09. The Morgan fingerprint density at radius 3 is 2.93 bits per heavy atom. The largest absolute Gasteiger partial charge is 0.497 e. The number of pyridine rings is 1. The summed E-state index contributed by atoms with van der Waals surface area (Å²) < 4.78 is 5.24. The van der Waals surface area contributed by atoms with Crippen LogP contribution in [0, 0.1) is 5.92 Å². The van der Waals surface area contributed by atoms with Crippen LogP contribution >= 0.6 is 0 Å². The summed E-state index contributed by atoms with van der Waals surface area (Å²) >= 11 is 0. The van der Waals surface area contributed by atoms with Crippen molar-refractivity contribution in [1.29, 1.82) is 0 Å².